The van der Waals surface area contributed by atoms with Crippen LogP contribution >= 0.6 is 11.6 Å². The second kappa shape index (κ2) is 7.17. The molecule has 4 nitrogen and oxygen atoms in total. The molecular weight excluding hydrogens is 351 g/mol. The SMILES string of the molecule is CN1CCC(n2nccc2-c2cccnc2-c2ccc(F)c(Cl)c2)CC1. The van der Waals surface area contributed by atoms with Crippen LogP contribution in [0.2, 0.25) is 5.02 Å². The predicted octanol–water partition coefficient (Wildman–Crippen LogP) is 4.67. The first kappa shape index (κ1) is 17.2. The van der Waals surface area contributed by atoms with Gasteiger partial charge in [0.05, 0.1) is 22.5 Å². The van der Waals surface area contributed by atoms with Gasteiger partial charge in [0, 0.05) is 23.5 Å². The lowest BCUT2D eigenvalue weighted by Gasteiger charge is -2.30. The van der Waals surface area contributed by atoms with Crippen molar-refractivity contribution >= 4 is 11.6 Å². The van der Waals surface area contributed by atoms with Crippen LogP contribution in [0.5, 0.6) is 0 Å². The van der Waals surface area contributed by atoms with Crippen molar-refractivity contribution in [1.29, 1.82) is 0 Å². The van der Waals surface area contributed by atoms with E-state index in [9.17, 15) is 4.39 Å². The van der Waals surface area contributed by atoms with Crippen LogP contribution in [0.4, 0.5) is 4.39 Å². The molecule has 0 radical (unpaired) electrons. The normalized spacial score (nSPS) is 16.1. The van der Waals surface area contributed by atoms with Crippen molar-refractivity contribution in [3.8, 4) is 22.5 Å². The second-order valence-corrected chi connectivity index (χ2v) is 7.13. The van der Waals surface area contributed by atoms with Crippen LogP contribution in [-0.4, -0.2) is 39.8 Å². The quantitative estimate of drug-likeness (QED) is 0.671. The van der Waals surface area contributed by atoms with Crippen molar-refractivity contribution in [1.82, 2.24) is 19.7 Å². The van der Waals surface area contributed by atoms with Crippen molar-refractivity contribution in [2.24, 2.45) is 0 Å². The molecule has 1 aliphatic rings. The molecule has 1 aromatic carbocycles. The maximum atomic E-state index is 13.6. The number of benzene rings is 1. The predicted molar refractivity (Wildman–Crippen MR) is 102 cm³/mol. The largest absolute Gasteiger partial charge is 0.306 e. The Hall–Kier alpha value is -2.24. The van der Waals surface area contributed by atoms with Gasteiger partial charge in [-0.2, -0.15) is 5.10 Å². The number of piperidine rings is 1. The van der Waals surface area contributed by atoms with E-state index in [4.69, 9.17) is 11.6 Å². The first-order chi connectivity index (χ1) is 12.6. The van der Waals surface area contributed by atoms with Crippen LogP contribution < -0.4 is 0 Å². The van der Waals surface area contributed by atoms with Gasteiger partial charge < -0.3 is 4.90 Å². The van der Waals surface area contributed by atoms with E-state index in [2.05, 4.69) is 26.7 Å². The fraction of sp³-hybridized carbons (Fsp3) is 0.300. The summed E-state index contributed by atoms with van der Waals surface area (Å²) in [6, 6.07) is 11.1. The molecule has 0 aliphatic carbocycles. The molecule has 3 heterocycles. The molecule has 6 heteroatoms. The third-order valence-corrected chi connectivity index (χ3v) is 5.27. The van der Waals surface area contributed by atoms with Crippen molar-refractivity contribution < 1.29 is 4.39 Å². The highest BCUT2D eigenvalue weighted by Crippen LogP contribution is 2.34. The Morgan fingerprint density at radius 3 is 2.69 bits per heavy atom. The zero-order valence-electron chi connectivity index (χ0n) is 14.6. The average Bonchev–Trinajstić information content (AvgIpc) is 3.14. The fourth-order valence-electron chi connectivity index (χ4n) is 3.54. The Labute approximate surface area is 157 Å². The molecular formula is C20H20ClFN4. The third kappa shape index (κ3) is 3.24. The smallest absolute Gasteiger partial charge is 0.141 e. The Kier molecular flexibility index (Phi) is 4.74. The van der Waals surface area contributed by atoms with E-state index >= 15 is 0 Å². The molecule has 1 aliphatic heterocycles. The van der Waals surface area contributed by atoms with Gasteiger partial charge in [0.25, 0.3) is 0 Å². The molecule has 0 unspecified atom stereocenters. The fourth-order valence-corrected chi connectivity index (χ4v) is 3.72. The molecule has 4 rings (SSSR count). The summed E-state index contributed by atoms with van der Waals surface area (Å²) in [4.78, 5) is 6.89. The van der Waals surface area contributed by atoms with Gasteiger partial charge >= 0.3 is 0 Å². The van der Waals surface area contributed by atoms with Gasteiger partial charge in [-0.15, -0.1) is 0 Å². The standard InChI is InChI=1S/C20H20ClFN4/c1-25-11-7-15(8-12-25)26-19(6-10-24-26)16-3-2-9-23-20(16)14-4-5-18(22)17(21)13-14/h2-6,9-10,13,15H,7-8,11-12H2,1H3. The molecule has 0 saturated carbocycles. The van der Waals surface area contributed by atoms with Crippen LogP contribution in [0.1, 0.15) is 18.9 Å². The lowest BCUT2D eigenvalue weighted by molar-refractivity contribution is 0.213. The van der Waals surface area contributed by atoms with E-state index in [0.717, 1.165) is 48.4 Å². The molecule has 0 atom stereocenters. The average molecular weight is 371 g/mol. The van der Waals surface area contributed by atoms with Crippen molar-refractivity contribution in [3.05, 3.63) is 59.6 Å². The van der Waals surface area contributed by atoms with Gasteiger partial charge in [-0.3, -0.25) is 9.67 Å². The lowest BCUT2D eigenvalue weighted by Crippen LogP contribution is -2.32. The maximum absolute atomic E-state index is 13.6. The van der Waals surface area contributed by atoms with E-state index in [-0.39, 0.29) is 5.02 Å². The molecule has 26 heavy (non-hydrogen) atoms. The van der Waals surface area contributed by atoms with Crippen molar-refractivity contribution in [2.75, 3.05) is 20.1 Å². The van der Waals surface area contributed by atoms with Crippen LogP contribution in [0.15, 0.2) is 48.8 Å². The summed E-state index contributed by atoms with van der Waals surface area (Å²) in [5.41, 5.74) is 3.59. The monoisotopic (exact) mass is 370 g/mol. The molecule has 0 amide bonds. The van der Waals surface area contributed by atoms with Gasteiger partial charge in [-0.05, 0) is 69.4 Å². The van der Waals surface area contributed by atoms with Gasteiger partial charge in [0.1, 0.15) is 5.82 Å². The topological polar surface area (TPSA) is 34.0 Å². The lowest BCUT2D eigenvalue weighted by atomic mass is 10.0. The summed E-state index contributed by atoms with van der Waals surface area (Å²) in [5.74, 6) is -0.427. The molecule has 0 spiro atoms. The van der Waals surface area contributed by atoms with Gasteiger partial charge in [0.2, 0.25) is 0 Å². The molecule has 1 fully saturated rings. The first-order valence-electron chi connectivity index (χ1n) is 8.76. The highest BCUT2D eigenvalue weighted by molar-refractivity contribution is 6.31. The summed E-state index contributed by atoms with van der Waals surface area (Å²) in [6.45, 7) is 2.13. The Balaban J connectivity index is 1.76. The van der Waals surface area contributed by atoms with E-state index in [0.29, 0.717) is 6.04 Å². The summed E-state index contributed by atoms with van der Waals surface area (Å²) in [7, 11) is 2.15. The number of nitrogens with zero attached hydrogens (tertiary/aromatic N) is 4. The molecule has 134 valence electrons. The number of rotatable bonds is 3. The van der Waals surface area contributed by atoms with Crippen molar-refractivity contribution in [2.45, 2.75) is 18.9 Å². The van der Waals surface area contributed by atoms with Gasteiger partial charge in [0.15, 0.2) is 0 Å². The number of hydrogen-bond donors (Lipinski definition) is 0. The van der Waals surface area contributed by atoms with Crippen LogP contribution in [0.3, 0.4) is 0 Å². The minimum absolute atomic E-state index is 0.0999. The van der Waals surface area contributed by atoms with Crippen molar-refractivity contribution in [3.63, 3.8) is 0 Å². The first-order valence-corrected chi connectivity index (χ1v) is 9.14. The number of halogens is 2. The zero-order chi connectivity index (χ0) is 18.1. The highest BCUT2D eigenvalue weighted by atomic mass is 35.5. The Morgan fingerprint density at radius 1 is 1.12 bits per heavy atom. The number of hydrogen-bond acceptors (Lipinski definition) is 3. The van der Waals surface area contributed by atoms with E-state index in [1.165, 1.54) is 6.07 Å². The highest BCUT2D eigenvalue weighted by Gasteiger charge is 2.22. The van der Waals surface area contributed by atoms with E-state index in [1.807, 2.05) is 24.4 Å². The van der Waals surface area contributed by atoms with Crippen LogP contribution in [0, 0.1) is 5.82 Å². The minimum atomic E-state index is -0.427. The Bertz CT molecular complexity index is 916. The van der Waals surface area contributed by atoms with E-state index in [1.54, 1.807) is 18.3 Å². The molecule has 0 bridgehead atoms. The second-order valence-electron chi connectivity index (χ2n) is 6.72. The van der Waals surface area contributed by atoms with Gasteiger partial charge in [-0.1, -0.05) is 11.6 Å². The minimum Gasteiger partial charge on any atom is -0.306 e. The molecule has 0 N–H and O–H groups in total. The van der Waals surface area contributed by atoms with E-state index < -0.39 is 5.82 Å². The number of pyridine rings is 1. The zero-order valence-corrected chi connectivity index (χ0v) is 15.3. The summed E-state index contributed by atoms with van der Waals surface area (Å²) < 4.78 is 15.7. The summed E-state index contributed by atoms with van der Waals surface area (Å²) >= 11 is 5.98. The third-order valence-electron chi connectivity index (χ3n) is 4.98. The summed E-state index contributed by atoms with van der Waals surface area (Å²) in [6.07, 6.45) is 5.72. The number of aromatic nitrogens is 3. The Morgan fingerprint density at radius 2 is 1.92 bits per heavy atom. The maximum Gasteiger partial charge on any atom is 0.141 e. The van der Waals surface area contributed by atoms with Crippen LogP contribution in [0.25, 0.3) is 22.5 Å². The molecule has 2 aromatic heterocycles. The van der Waals surface area contributed by atoms with Gasteiger partial charge in [-0.25, -0.2) is 4.39 Å². The number of likely N-dealkylation sites (tertiary alicyclic amines) is 1. The molecule has 1 saturated heterocycles. The van der Waals surface area contributed by atoms with Crippen LogP contribution in [-0.2, 0) is 0 Å². The molecule has 3 aromatic rings. The summed E-state index contributed by atoms with van der Waals surface area (Å²) in [5, 5.41) is 4.69.